The first-order chi connectivity index (χ1) is 15.0. The zero-order valence-electron chi connectivity index (χ0n) is 16.5. The third-order valence-corrected chi connectivity index (χ3v) is 5.87. The van der Waals surface area contributed by atoms with Crippen molar-refractivity contribution < 1.29 is 23.9 Å². The maximum atomic E-state index is 12.4. The standard InChI is InChI=1S/C18H19Cl3N6O5/c1-9-22-14-11(6-26-12(29)2-3-13(26)30)23-15(24-16(31)32-8-18(19,20)21)27-10(7-28)4-5-17(14,27)25-9/h4-5,7,10-11,14,22,25H,1-3,6,8H2,(H,23,24,31)/t10-,11+,14+,17-/m1/s1. The number of hydrogen-bond donors (Lipinski definition) is 3. The van der Waals surface area contributed by atoms with Gasteiger partial charge in [0.2, 0.25) is 21.6 Å². The summed E-state index contributed by atoms with van der Waals surface area (Å²) >= 11 is 16.9. The molecule has 0 saturated carbocycles. The fourth-order valence-electron chi connectivity index (χ4n) is 4.30. The van der Waals surface area contributed by atoms with Crippen molar-refractivity contribution in [2.75, 3.05) is 13.2 Å². The van der Waals surface area contributed by atoms with Gasteiger partial charge in [-0.05, 0) is 6.08 Å². The minimum atomic E-state index is -1.81. The zero-order chi connectivity index (χ0) is 23.3. The van der Waals surface area contributed by atoms with Gasteiger partial charge in [0.05, 0.1) is 24.4 Å². The van der Waals surface area contributed by atoms with Gasteiger partial charge in [0, 0.05) is 12.8 Å². The van der Waals surface area contributed by atoms with Gasteiger partial charge >= 0.3 is 6.09 Å². The summed E-state index contributed by atoms with van der Waals surface area (Å²) < 4.78 is 3.11. The minimum absolute atomic E-state index is 0.00855. The van der Waals surface area contributed by atoms with Gasteiger partial charge < -0.3 is 25.1 Å². The van der Waals surface area contributed by atoms with Crippen LogP contribution in [0.1, 0.15) is 12.8 Å². The number of carbonyl (C=O) groups excluding carboxylic acids is 4. The second kappa shape index (κ2) is 8.13. The number of likely N-dealkylation sites (tertiary alicyclic amines) is 1. The van der Waals surface area contributed by atoms with Gasteiger partial charge in [-0.15, -0.1) is 0 Å². The molecule has 172 valence electrons. The molecule has 4 atom stereocenters. The predicted molar refractivity (Wildman–Crippen MR) is 115 cm³/mol. The maximum Gasteiger partial charge on any atom is 0.414 e. The molecule has 2 fully saturated rings. The first kappa shape index (κ1) is 22.7. The number of aldehydes is 1. The number of imide groups is 1. The second-order valence-electron chi connectivity index (χ2n) is 7.64. The molecular weight excluding hydrogens is 487 g/mol. The zero-order valence-corrected chi connectivity index (χ0v) is 18.8. The predicted octanol–water partition coefficient (Wildman–Crippen LogP) is 0.138. The molecule has 14 heteroatoms. The number of aliphatic imine (C=N–C) groups is 1. The number of nitrogens with one attached hydrogen (secondary N) is 3. The largest absolute Gasteiger partial charge is 0.445 e. The van der Waals surface area contributed by atoms with Gasteiger partial charge in [-0.1, -0.05) is 47.5 Å². The molecule has 4 aliphatic rings. The molecule has 4 aliphatic heterocycles. The molecule has 3 amide bonds. The molecule has 3 N–H and O–H groups in total. The van der Waals surface area contributed by atoms with Crippen LogP contribution in [0.25, 0.3) is 0 Å². The van der Waals surface area contributed by atoms with E-state index in [1.165, 1.54) is 0 Å². The quantitative estimate of drug-likeness (QED) is 0.213. The molecule has 2 saturated heterocycles. The third kappa shape index (κ3) is 4.00. The average Bonchev–Trinajstić information content (AvgIpc) is 3.35. The Balaban J connectivity index is 1.66. The molecule has 0 aliphatic carbocycles. The number of alkyl halides is 3. The molecule has 32 heavy (non-hydrogen) atoms. The normalized spacial score (nSPS) is 31.0. The highest BCUT2D eigenvalue weighted by Gasteiger charge is 2.59. The molecule has 0 aromatic rings. The Morgan fingerprint density at radius 1 is 1.38 bits per heavy atom. The van der Waals surface area contributed by atoms with Crippen molar-refractivity contribution in [3.05, 3.63) is 24.6 Å². The van der Waals surface area contributed by atoms with Gasteiger partial charge in [0.15, 0.2) is 5.66 Å². The van der Waals surface area contributed by atoms with E-state index in [4.69, 9.17) is 39.5 Å². The van der Waals surface area contributed by atoms with Crippen LogP contribution in [0.2, 0.25) is 0 Å². The number of halogens is 3. The minimum Gasteiger partial charge on any atom is -0.445 e. The molecule has 0 unspecified atom stereocenters. The van der Waals surface area contributed by atoms with E-state index in [2.05, 4.69) is 27.5 Å². The highest BCUT2D eigenvalue weighted by Crippen LogP contribution is 2.38. The molecule has 1 spiro atoms. The fourth-order valence-corrected chi connectivity index (χ4v) is 4.46. The van der Waals surface area contributed by atoms with Crippen molar-refractivity contribution in [2.24, 2.45) is 4.99 Å². The SMILES string of the molecule is C=C1N[C@H]2[C@H](CN3C(=O)CCC3=O)N=C(NC(=O)OCC(Cl)(Cl)Cl)N3[C@@H](C=O)C=C[C@]23N1. The van der Waals surface area contributed by atoms with E-state index in [1.807, 2.05) is 0 Å². The van der Waals surface area contributed by atoms with Crippen LogP contribution < -0.4 is 16.0 Å². The number of hydrogen-bond acceptors (Lipinski definition) is 9. The smallest absolute Gasteiger partial charge is 0.414 e. The van der Waals surface area contributed by atoms with Crippen molar-refractivity contribution in [2.45, 2.75) is 40.4 Å². The van der Waals surface area contributed by atoms with Crippen LogP contribution in [0.5, 0.6) is 0 Å². The van der Waals surface area contributed by atoms with Crippen LogP contribution in [-0.4, -0.2) is 80.7 Å². The molecular formula is C18H19Cl3N6O5. The summed E-state index contributed by atoms with van der Waals surface area (Å²) in [7, 11) is 0. The van der Waals surface area contributed by atoms with Crippen LogP contribution >= 0.6 is 34.8 Å². The number of ether oxygens (including phenoxy) is 1. The van der Waals surface area contributed by atoms with Crippen molar-refractivity contribution in [1.29, 1.82) is 0 Å². The van der Waals surface area contributed by atoms with E-state index >= 15 is 0 Å². The van der Waals surface area contributed by atoms with Gasteiger partial charge in [-0.25, -0.2) is 9.79 Å². The van der Waals surface area contributed by atoms with E-state index in [-0.39, 0.29) is 37.2 Å². The lowest BCUT2D eigenvalue weighted by Crippen LogP contribution is -2.71. The Bertz CT molecular complexity index is 934. The Morgan fingerprint density at radius 3 is 2.69 bits per heavy atom. The number of amides is 3. The molecule has 0 bridgehead atoms. The Kier molecular flexibility index (Phi) is 5.76. The first-order valence-electron chi connectivity index (χ1n) is 9.63. The van der Waals surface area contributed by atoms with Gasteiger partial charge in [-0.3, -0.25) is 19.8 Å². The second-order valence-corrected chi connectivity index (χ2v) is 10.2. The maximum absolute atomic E-state index is 12.4. The van der Waals surface area contributed by atoms with E-state index in [9.17, 15) is 19.2 Å². The first-order valence-corrected chi connectivity index (χ1v) is 10.8. The van der Waals surface area contributed by atoms with Gasteiger partial charge in [0.25, 0.3) is 0 Å². The lowest BCUT2D eigenvalue weighted by molar-refractivity contribution is -0.138. The summed E-state index contributed by atoms with van der Waals surface area (Å²) in [6.45, 7) is 3.36. The van der Waals surface area contributed by atoms with Crippen LogP contribution in [-0.2, 0) is 19.1 Å². The highest BCUT2D eigenvalue weighted by molar-refractivity contribution is 6.67. The van der Waals surface area contributed by atoms with Crippen LogP contribution in [0.3, 0.4) is 0 Å². The molecule has 4 rings (SSSR count). The number of carbonyl (C=O) groups is 4. The van der Waals surface area contributed by atoms with E-state index < -0.39 is 40.3 Å². The molecule has 11 nitrogen and oxygen atoms in total. The van der Waals surface area contributed by atoms with Crippen LogP contribution in [0.15, 0.2) is 29.5 Å². The monoisotopic (exact) mass is 504 g/mol. The Hall–Kier alpha value is -2.50. The van der Waals surface area contributed by atoms with Crippen molar-refractivity contribution >= 4 is 65.0 Å². The third-order valence-electron chi connectivity index (χ3n) is 5.55. The topological polar surface area (TPSA) is 132 Å². The number of rotatable bonds is 4. The van der Waals surface area contributed by atoms with Crippen LogP contribution in [0.4, 0.5) is 4.79 Å². The van der Waals surface area contributed by atoms with Crippen molar-refractivity contribution in [1.82, 2.24) is 25.8 Å². The summed E-state index contributed by atoms with van der Waals surface area (Å²) in [6.07, 6.45) is 3.39. The fraction of sp³-hybridized carbons (Fsp3) is 0.500. The van der Waals surface area contributed by atoms with Crippen LogP contribution in [0, 0.1) is 0 Å². The van der Waals surface area contributed by atoms with Crippen molar-refractivity contribution in [3.8, 4) is 0 Å². The summed E-state index contributed by atoms with van der Waals surface area (Å²) in [5.41, 5.74) is -1.03. The number of guanidine groups is 1. The lowest BCUT2D eigenvalue weighted by atomic mass is 9.92. The Labute approximate surface area is 197 Å². The van der Waals surface area contributed by atoms with E-state index in [1.54, 1.807) is 17.1 Å². The molecule has 4 heterocycles. The van der Waals surface area contributed by atoms with Gasteiger partial charge in [0.1, 0.15) is 18.9 Å². The van der Waals surface area contributed by atoms with Crippen molar-refractivity contribution in [3.63, 3.8) is 0 Å². The van der Waals surface area contributed by atoms with E-state index in [0.29, 0.717) is 12.1 Å². The lowest BCUT2D eigenvalue weighted by Gasteiger charge is -2.47. The van der Waals surface area contributed by atoms with E-state index in [0.717, 1.165) is 4.90 Å². The highest BCUT2D eigenvalue weighted by atomic mass is 35.6. The number of alkyl carbamates (subject to hydrolysis) is 1. The molecule has 0 radical (unpaired) electrons. The molecule has 0 aromatic heterocycles. The summed E-state index contributed by atoms with van der Waals surface area (Å²) in [6, 6.07) is -1.94. The number of nitrogens with zero attached hydrogens (tertiary/aromatic N) is 3. The molecule has 0 aromatic carbocycles. The van der Waals surface area contributed by atoms with Gasteiger partial charge in [-0.2, -0.15) is 0 Å². The average molecular weight is 506 g/mol. The summed E-state index contributed by atoms with van der Waals surface area (Å²) in [5.74, 6) is -0.146. The summed E-state index contributed by atoms with van der Waals surface area (Å²) in [5, 5.41) is 8.83. The Morgan fingerprint density at radius 2 is 2.06 bits per heavy atom. The summed E-state index contributed by atoms with van der Waals surface area (Å²) in [4.78, 5) is 55.7.